The maximum Gasteiger partial charge on any atom is 0.417 e. The van der Waals surface area contributed by atoms with Crippen molar-refractivity contribution in [1.29, 1.82) is 0 Å². The zero-order valence-electron chi connectivity index (χ0n) is 19.0. The van der Waals surface area contributed by atoms with Gasteiger partial charge in [0.05, 0.1) is 22.8 Å². The van der Waals surface area contributed by atoms with Gasteiger partial charge in [0.2, 0.25) is 5.91 Å². The van der Waals surface area contributed by atoms with Crippen LogP contribution in [0.3, 0.4) is 0 Å². The second kappa shape index (κ2) is 9.07. The molecule has 0 bridgehead atoms. The monoisotopic (exact) mass is 490 g/mol. The molecular weight excluding hydrogens is 469 g/mol. The van der Waals surface area contributed by atoms with E-state index in [4.69, 9.17) is 5.73 Å². The van der Waals surface area contributed by atoms with Crippen molar-refractivity contribution in [2.75, 3.05) is 18.0 Å². The molecule has 182 valence electrons. The molecule has 2 N–H and O–H groups in total. The third-order valence-electron chi connectivity index (χ3n) is 6.27. The van der Waals surface area contributed by atoms with Crippen LogP contribution in [0.5, 0.6) is 0 Å². The van der Waals surface area contributed by atoms with E-state index in [0.29, 0.717) is 16.6 Å². The Morgan fingerprint density at radius 3 is 2.31 bits per heavy atom. The summed E-state index contributed by atoms with van der Waals surface area (Å²) in [6.07, 6.45) is -0.809. The number of carbonyl (C=O) groups excluding carboxylic acids is 2. The predicted molar refractivity (Wildman–Crippen MR) is 130 cm³/mol. The van der Waals surface area contributed by atoms with Crippen LogP contribution in [0.4, 0.5) is 19.0 Å². The Kier molecular flexibility index (Phi) is 5.91. The number of rotatable bonds is 5. The van der Waals surface area contributed by atoms with Gasteiger partial charge in [-0.1, -0.05) is 24.3 Å². The molecule has 0 aliphatic carbocycles. The minimum absolute atomic E-state index is 0.151. The van der Waals surface area contributed by atoms with Crippen LogP contribution < -0.4 is 10.6 Å². The molecule has 5 rings (SSSR count). The van der Waals surface area contributed by atoms with Crippen molar-refractivity contribution in [2.24, 2.45) is 5.73 Å². The Balaban J connectivity index is 1.51. The summed E-state index contributed by atoms with van der Waals surface area (Å²) in [6.45, 7) is 1.82. The summed E-state index contributed by atoms with van der Waals surface area (Å²) in [7, 11) is 0. The zero-order chi connectivity index (χ0) is 25.4. The van der Waals surface area contributed by atoms with Crippen LogP contribution >= 0.6 is 0 Å². The molecule has 1 fully saturated rings. The highest BCUT2D eigenvalue weighted by molar-refractivity contribution is 6.10. The topological polar surface area (TPSA) is 89.2 Å². The lowest BCUT2D eigenvalue weighted by molar-refractivity contribution is -0.137. The molecule has 1 saturated heterocycles. The number of nitrogens with two attached hydrogens (primary N) is 1. The van der Waals surface area contributed by atoms with E-state index < -0.39 is 17.6 Å². The number of hydrogen-bond donors (Lipinski definition) is 1. The van der Waals surface area contributed by atoms with Crippen molar-refractivity contribution in [1.82, 2.24) is 9.97 Å². The van der Waals surface area contributed by atoms with Crippen LogP contribution in [0.2, 0.25) is 0 Å². The molecule has 1 amide bonds. The van der Waals surface area contributed by atoms with Gasteiger partial charge in [-0.05, 0) is 60.4 Å². The number of nitrogens with zero attached hydrogens (tertiary/aromatic N) is 3. The molecule has 0 atom stereocenters. The average Bonchev–Trinajstić information content (AvgIpc) is 3.42. The Hall–Kier alpha value is -4.27. The van der Waals surface area contributed by atoms with Gasteiger partial charge in [0.15, 0.2) is 5.78 Å². The van der Waals surface area contributed by atoms with Crippen molar-refractivity contribution in [2.45, 2.75) is 19.0 Å². The van der Waals surface area contributed by atoms with Crippen LogP contribution in [0.25, 0.3) is 22.2 Å². The van der Waals surface area contributed by atoms with Crippen LogP contribution in [-0.4, -0.2) is 34.7 Å². The lowest BCUT2D eigenvalue weighted by Crippen LogP contribution is -2.19. The van der Waals surface area contributed by atoms with Crippen molar-refractivity contribution in [3.63, 3.8) is 0 Å². The standard InChI is InChI=1S/C27H21F3N4O2/c28-27(29,30)21-13-19(26(31)36)6-8-20(21)16-4-3-5-17(12-16)25(35)18-7-9-22-23(14-18)33-24(15-32-22)34-10-1-2-11-34/h3-9,12-15H,1-2,10-11H2,(H2,31,36). The number of carbonyl (C=O) groups is 2. The quantitative estimate of drug-likeness (QED) is 0.386. The minimum Gasteiger partial charge on any atom is -0.366 e. The molecule has 0 unspecified atom stereocenters. The van der Waals surface area contributed by atoms with E-state index in [2.05, 4.69) is 14.9 Å². The maximum atomic E-state index is 13.8. The fraction of sp³-hybridized carbons (Fsp3) is 0.185. The van der Waals surface area contributed by atoms with Crippen LogP contribution in [0, 0.1) is 0 Å². The molecule has 4 aromatic rings. The number of halogens is 3. The Labute approximate surface area is 204 Å². The molecule has 6 nitrogen and oxygen atoms in total. The van der Waals surface area contributed by atoms with Gasteiger partial charge in [-0.3, -0.25) is 14.6 Å². The molecule has 1 aliphatic rings. The summed E-state index contributed by atoms with van der Waals surface area (Å²) >= 11 is 0. The maximum absolute atomic E-state index is 13.8. The van der Waals surface area contributed by atoms with Crippen LogP contribution in [0.1, 0.15) is 44.7 Å². The van der Waals surface area contributed by atoms with Crippen molar-refractivity contribution < 1.29 is 22.8 Å². The fourth-order valence-electron chi connectivity index (χ4n) is 4.42. The molecule has 1 aromatic heterocycles. The van der Waals surface area contributed by atoms with E-state index in [0.717, 1.165) is 37.8 Å². The van der Waals surface area contributed by atoms with E-state index in [1.165, 1.54) is 30.3 Å². The second-order valence-corrected chi connectivity index (χ2v) is 8.66. The van der Waals surface area contributed by atoms with Crippen LogP contribution in [0.15, 0.2) is 66.9 Å². The number of fused-ring (bicyclic) bond motifs is 1. The summed E-state index contributed by atoms with van der Waals surface area (Å²) in [4.78, 5) is 36.0. The number of amides is 1. The van der Waals surface area contributed by atoms with Gasteiger partial charge < -0.3 is 10.6 Å². The highest BCUT2D eigenvalue weighted by Gasteiger charge is 2.34. The van der Waals surface area contributed by atoms with Gasteiger partial charge in [-0.25, -0.2) is 4.98 Å². The van der Waals surface area contributed by atoms with Gasteiger partial charge in [-0.2, -0.15) is 13.2 Å². The Morgan fingerprint density at radius 2 is 1.58 bits per heavy atom. The van der Waals surface area contributed by atoms with Gasteiger partial charge in [0.1, 0.15) is 5.82 Å². The van der Waals surface area contributed by atoms with E-state index >= 15 is 0 Å². The first-order chi connectivity index (χ1) is 17.2. The number of hydrogen-bond acceptors (Lipinski definition) is 5. The summed E-state index contributed by atoms with van der Waals surface area (Å²) in [6, 6.07) is 14.1. The van der Waals surface area contributed by atoms with Crippen molar-refractivity contribution >= 4 is 28.5 Å². The van der Waals surface area contributed by atoms with Gasteiger partial charge in [-0.15, -0.1) is 0 Å². The second-order valence-electron chi connectivity index (χ2n) is 8.66. The summed E-state index contributed by atoms with van der Waals surface area (Å²) < 4.78 is 41.3. The first kappa shape index (κ1) is 23.5. The summed E-state index contributed by atoms with van der Waals surface area (Å²) in [5.74, 6) is -0.552. The first-order valence-corrected chi connectivity index (χ1v) is 11.4. The van der Waals surface area contributed by atoms with E-state index in [1.54, 1.807) is 30.5 Å². The highest BCUT2D eigenvalue weighted by atomic mass is 19.4. The lowest BCUT2D eigenvalue weighted by atomic mass is 9.94. The van der Waals surface area contributed by atoms with E-state index in [9.17, 15) is 22.8 Å². The molecule has 1 aliphatic heterocycles. The lowest BCUT2D eigenvalue weighted by Gasteiger charge is -2.16. The molecule has 3 aromatic carbocycles. The van der Waals surface area contributed by atoms with Crippen LogP contribution in [-0.2, 0) is 6.18 Å². The Bertz CT molecular complexity index is 1490. The first-order valence-electron chi connectivity index (χ1n) is 11.4. The number of aromatic nitrogens is 2. The third-order valence-corrected chi connectivity index (χ3v) is 6.27. The molecular formula is C27H21F3N4O2. The molecule has 0 spiro atoms. The van der Waals surface area contributed by atoms with E-state index in [-0.39, 0.29) is 28.0 Å². The van der Waals surface area contributed by atoms with Crippen molar-refractivity contribution in [3.05, 3.63) is 89.1 Å². The average molecular weight is 490 g/mol. The normalized spacial score (nSPS) is 13.8. The SMILES string of the molecule is NC(=O)c1ccc(-c2cccc(C(=O)c3ccc4ncc(N5CCCC5)nc4c3)c2)c(C(F)(F)F)c1. The van der Waals surface area contributed by atoms with Gasteiger partial charge in [0.25, 0.3) is 0 Å². The summed E-state index contributed by atoms with van der Waals surface area (Å²) in [5.41, 5.74) is 5.76. The number of alkyl halides is 3. The van der Waals surface area contributed by atoms with Gasteiger partial charge >= 0.3 is 6.18 Å². The third kappa shape index (κ3) is 4.51. The molecule has 2 heterocycles. The fourth-order valence-corrected chi connectivity index (χ4v) is 4.42. The predicted octanol–water partition coefficient (Wildman–Crippen LogP) is 5.25. The largest absolute Gasteiger partial charge is 0.417 e. The smallest absolute Gasteiger partial charge is 0.366 e. The number of benzene rings is 3. The Morgan fingerprint density at radius 1 is 0.861 bits per heavy atom. The number of primary amides is 1. The molecule has 0 saturated carbocycles. The summed E-state index contributed by atoms with van der Waals surface area (Å²) in [5, 5.41) is 0. The molecule has 9 heteroatoms. The highest BCUT2D eigenvalue weighted by Crippen LogP contribution is 2.38. The number of ketones is 1. The molecule has 0 radical (unpaired) electrons. The van der Waals surface area contributed by atoms with Crippen molar-refractivity contribution in [3.8, 4) is 11.1 Å². The van der Waals surface area contributed by atoms with E-state index in [1.807, 2.05) is 0 Å². The van der Waals surface area contributed by atoms with Gasteiger partial charge in [0, 0.05) is 29.8 Å². The number of anilines is 1. The minimum atomic E-state index is -4.72. The zero-order valence-corrected chi connectivity index (χ0v) is 19.0. The molecule has 36 heavy (non-hydrogen) atoms.